The Morgan fingerprint density at radius 3 is 2.76 bits per heavy atom. The average molecular weight is 260 g/mol. The van der Waals surface area contributed by atoms with Crippen LogP contribution in [0.5, 0.6) is 0 Å². The minimum absolute atomic E-state index is 0.181. The molecule has 7 heteroatoms. The van der Waals surface area contributed by atoms with E-state index in [2.05, 4.69) is 10.1 Å². The van der Waals surface area contributed by atoms with Crippen LogP contribution in [0.15, 0.2) is 0 Å². The number of esters is 1. The predicted octanol–water partition coefficient (Wildman–Crippen LogP) is 0.0789. The summed E-state index contributed by atoms with van der Waals surface area (Å²) in [7, 11) is 2.92. The van der Waals surface area contributed by atoms with Crippen LogP contribution in [-0.4, -0.2) is 54.5 Å². The van der Waals surface area contributed by atoms with E-state index < -0.39 is 6.04 Å². The van der Waals surface area contributed by atoms with Gasteiger partial charge >= 0.3 is 5.97 Å². The van der Waals surface area contributed by atoms with Gasteiger partial charge < -0.3 is 15.0 Å². The van der Waals surface area contributed by atoms with Crippen molar-refractivity contribution in [3.8, 4) is 0 Å². The summed E-state index contributed by atoms with van der Waals surface area (Å²) in [6, 6.07) is -0.484. The monoisotopic (exact) mass is 260 g/mol. The van der Waals surface area contributed by atoms with E-state index in [9.17, 15) is 14.4 Å². The second kappa shape index (κ2) is 5.90. The molecule has 6 nitrogen and oxygen atoms in total. The standard InChI is InChI=1S/C10H16N2O4S/c1-6(9(14)16-3)4-12(2)8(13)7-5-17-10(15)11-7/h6-7H,4-5H2,1-3H3,(H,11,15). The number of methoxy groups -OCH3 is 1. The number of likely N-dealkylation sites (N-methyl/N-ethyl adjacent to an activating group) is 1. The summed E-state index contributed by atoms with van der Waals surface area (Å²) in [5.74, 6) is -0.471. The molecule has 2 amide bonds. The maximum atomic E-state index is 11.9. The Balaban J connectivity index is 2.47. The summed E-state index contributed by atoms with van der Waals surface area (Å²) in [4.78, 5) is 35.5. The molecule has 1 rings (SSSR count). The number of nitrogens with zero attached hydrogens (tertiary/aromatic N) is 1. The maximum Gasteiger partial charge on any atom is 0.310 e. The van der Waals surface area contributed by atoms with Crippen LogP contribution in [0.1, 0.15) is 6.92 Å². The normalized spacial score (nSPS) is 20.6. The van der Waals surface area contributed by atoms with E-state index in [1.54, 1.807) is 14.0 Å². The summed E-state index contributed by atoms with van der Waals surface area (Å²) < 4.78 is 4.58. The molecule has 2 atom stereocenters. The van der Waals surface area contributed by atoms with Crippen LogP contribution in [-0.2, 0) is 14.3 Å². The number of hydrogen-bond acceptors (Lipinski definition) is 5. The van der Waals surface area contributed by atoms with Gasteiger partial charge in [0.1, 0.15) is 6.04 Å². The zero-order valence-electron chi connectivity index (χ0n) is 10.1. The van der Waals surface area contributed by atoms with Crippen LogP contribution in [0, 0.1) is 5.92 Å². The van der Waals surface area contributed by atoms with Gasteiger partial charge in [0, 0.05) is 19.3 Å². The van der Waals surface area contributed by atoms with E-state index >= 15 is 0 Å². The number of nitrogens with one attached hydrogen (secondary N) is 1. The Kier molecular flexibility index (Phi) is 4.80. The Morgan fingerprint density at radius 2 is 2.29 bits per heavy atom. The quantitative estimate of drug-likeness (QED) is 0.724. The lowest BCUT2D eigenvalue weighted by Gasteiger charge is -2.22. The van der Waals surface area contributed by atoms with E-state index in [-0.39, 0.29) is 29.6 Å². The van der Waals surface area contributed by atoms with Gasteiger partial charge in [-0.05, 0) is 0 Å². The van der Waals surface area contributed by atoms with E-state index in [0.29, 0.717) is 5.75 Å². The molecule has 0 bridgehead atoms. The molecule has 0 radical (unpaired) electrons. The van der Waals surface area contributed by atoms with Crippen LogP contribution in [0.2, 0.25) is 0 Å². The molecule has 0 aliphatic carbocycles. The third kappa shape index (κ3) is 3.62. The van der Waals surface area contributed by atoms with Gasteiger partial charge in [0.25, 0.3) is 5.24 Å². The van der Waals surface area contributed by atoms with Gasteiger partial charge in [-0.1, -0.05) is 18.7 Å². The summed E-state index contributed by atoms with van der Waals surface area (Å²) in [6.07, 6.45) is 0. The van der Waals surface area contributed by atoms with Crippen molar-refractivity contribution in [2.24, 2.45) is 5.92 Å². The van der Waals surface area contributed by atoms with Crippen LogP contribution >= 0.6 is 11.8 Å². The lowest BCUT2D eigenvalue weighted by molar-refractivity contribution is -0.146. The van der Waals surface area contributed by atoms with Crippen molar-refractivity contribution in [1.29, 1.82) is 0 Å². The highest BCUT2D eigenvalue weighted by atomic mass is 32.2. The number of rotatable bonds is 4. The lowest BCUT2D eigenvalue weighted by Crippen LogP contribution is -2.45. The van der Waals surface area contributed by atoms with Crippen LogP contribution in [0.4, 0.5) is 4.79 Å². The van der Waals surface area contributed by atoms with Crippen molar-refractivity contribution in [2.45, 2.75) is 13.0 Å². The first-order chi connectivity index (χ1) is 7.95. The van der Waals surface area contributed by atoms with Gasteiger partial charge in [-0.25, -0.2) is 0 Å². The fraction of sp³-hybridized carbons (Fsp3) is 0.700. The molecule has 0 aromatic carbocycles. The van der Waals surface area contributed by atoms with Crippen LogP contribution in [0.25, 0.3) is 0 Å². The SMILES string of the molecule is COC(=O)C(C)CN(C)C(=O)C1CSC(=O)N1. The van der Waals surface area contributed by atoms with E-state index in [1.807, 2.05) is 0 Å². The smallest absolute Gasteiger partial charge is 0.310 e. The Hall–Kier alpha value is -1.24. The number of carbonyl (C=O) groups excluding carboxylic acids is 3. The maximum absolute atomic E-state index is 11.9. The topological polar surface area (TPSA) is 75.7 Å². The van der Waals surface area contributed by atoms with Crippen molar-refractivity contribution in [1.82, 2.24) is 10.2 Å². The van der Waals surface area contributed by atoms with Gasteiger partial charge in [0.15, 0.2) is 0 Å². The predicted molar refractivity (Wildman–Crippen MR) is 63.6 cm³/mol. The first-order valence-corrected chi connectivity index (χ1v) is 6.20. The van der Waals surface area contributed by atoms with E-state index in [1.165, 1.54) is 12.0 Å². The molecule has 0 saturated carbocycles. The molecule has 1 aliphatic heterocycles. The Morgan fingerprint density at radius 1 is 1.65 bits per heavy atom. The average Bonchev–Trinajstić information content (AvgIpc) is 2.73. The molecule has 1 aliphatic rings. The van der Waals surface area contributed by atoms with Gasteiger partial charge in [0.2, 0.25) is 5.91 Å². The summed E-state index contributed by atoms with van der Waals surface area (Å²) in [5, 5.41) is 2.39. The fourth-order valence-electron chi connectivity index (χ4n) is 1.56. The van der Waals surface area contributed by atoms with E-state index in [0.717, 1.165) is 11.8 Å². The number of amides is 2. The number of hydrogen-bond donors (Lipinski definition) is 1. The van der Waals surface area contributed by atoms with Crippen LogP contribution < -0.4 is 5.32 Å². The number of ether oxygens (including phenoxy) is 1. The number of thioether (sulfide) groups is 1. The van der Waals surface area contributed by atoms with E-state index in [4.69, 9.17) is 0 Å². The molecule has 96 valence electrons. The first-order valence-electron chi connectivity index (χ1n) is 5.21. The van der Waals surface area contributed by atoms with Crippen molar-refractivity contribution in [3.05, 3.63) is 0 Å². The third-order valence-corrected chi connectivity index (χ3v) is 3.38. The molecule has 0 aromatic heterocycles. The Bertz CT molecular complexity index is 334. The molecule has 1 fully saturated rings. The number of carbonyl (C=O) groups is 3. The summed E-state index contributed by atoms with van der Waals surface area (Å²) >= 11 is 1.09. The molecule has 2 unspecified atom stereocenters. The molecule has 0 aromatic rings. The highest BCUT2D eigenvalue weighted by Crippen LogP contribution is 2.15. The minimum atomic E-state index is -0.484. The van der Waals surface area contributed by atoms with Crippen molar-refractivity contribution in [2.75, 3.05) is 26.5 Å². The zero-order chi connectivity index (χ0) is 13.0. The van der Waals surface area contributed by atoms with Gasteiger partial charge in [0.05, 0.1) is 13.0 Å². The van der Waals surface area contributed by atoms with Crippen LogP contribution in [0.3, 0.4) is 0 Å². The minimum Gasteiger partial charge on any atom is -0.469 e. The summed E-state index contributed by atoms with van der Waals surface area (Å²) in [5.41, 5.74) is 0. The largest absolute Gasteiger partial charge is 0.469 e. The van der Waals surface area contributed by atoms with Crippen molar-refractivity contribution >= 4 is 28.9 Å². The van der Waals surface area contributed by atoms with Crippen molar-refractivity contribution in [3.63, 3.8) is 0 Å². The molecule has 17 heavy (non-hydrogen) atoms. The van der Waals surface area contributed by atoms with Crippen molar-refractivity contribution < 1.29 is 19.1 Å². The summed E-state index contributed by atoms with van der Waals surface area (Å²) in [6.45, 7) is 1.97. The molecule has 1 saturated heterocycles. The molecular formula is C10H16N2O4S. The molecule has 0 spiro atoms. The molecular weight excluding hydrogens is 244 g/mol. The second-order valence-electron chi connectivity index (χ2n) is 3.94. The first kappa shape index (κ1) is 13.8. The second-order valence-corrected chi connectivity index (χ2v) is 4.93. The Labute approximate surface area is 104 Å². The molecule has 1 heterocycles. The highest BCUT2D eigenvalue weighted by molar-refractivity contribution is 8.14. The highest BCUT2D eigenvalue weighted by Gasteiger charge is 2.31. The zero-order valence-corrected chi connectivity index (χ0v) is 10.9. The lowest BCUT2D eigenvalue weighted by atomic mass is 10.1. The molecule has 1 N–H and O–H groups in total. The van der Waals surface area contributed by atoms with Gasteiger partial charge in [-0.3, -0.25) is 14.4 Å². The van der Waals surface area contributed by atoms with Gasteiger partial charge in [-0.15, -0.1) is 0 Å². The van der Waals surface area contributed by atoms with Gasteiger partial charge in [-0.2, -0.15) is 0 Å². The fourth-order valence-corrected chi connectivity index (χ4v) is 2.33. The third-order valence-electron chi connectivity index (χ3n) is 2.50.